The molecule has 0 aliphatic heterocycles. The lowest BCUT2D eigenvalue weighted by molar-refractivity contribution is 0.340. The van der Waals surface area contributed by atoms with Crippen LogP contribution in [-0.2, 0) is 0 Å². The average Bonchev–Trinajstić information content (AvgIpc) is 2.57. The van der Waals surface area contributed by atoms with E-state index in [2.05, 4.69) is 4.99 Å². The smallest absolute Gasteiger partial charge is 0.141 e. The predicted octanol–water partition coefficient (Wildman–Crippen LogP) is 4.40. The van der Waals surface area contributed by atoms with Crippen molar-refractivity contribution in [2.24, 2.45) is 4.99 Å². The maximum Gasteiger partial charge on any atom is 0.141 e. The minimum atomic E-state index is 0.0113. The molecule has 0 amide bonds. The van der Waals surface area contributed by atoms with E-state index in [0.29, 0.717) is 12.3 Å². The van der Waals surface area contributed by atoms with Crippen molar-refractivity contribution in [2.75, 3.05) is 6.61 Å². The van der Waals surface area contributed by atoms with Crippen molar-refractivity contribution in [1.29, 1.82) is 0 Å². The van der Waals surface area contributed by atoms with E-state index in [0.717, 1.165) is 22.1 Å². The Balaban J connectivity index is 2.12. The van der Waals surface area contributed by atoms with E-state index in [1.54, 1.807) is 6.21 Å². The molecule has 0 unspecified atom stereocenters. The number of aromatic hydroxyl groups is 2. The Bertz CT molecular complexity index is 872. The quantitative estimate of drug-likeness (QED) is 0.554. The molecule has 3 aromatic carbocycles. The Morgan fingerprint density at radius 1 is 1.04 bits per heavy atom. The third-order valence-electron chi connectivity index (χ3n) is 3.52. The zero-order valence-corrected chi connectivity index (χ0v) is 12.7. The normalized spacial score (nSPS) is 11.2. The number of rotatable bonds is 4. The number of fused-ring (bicyclic) bond motifs is 1. The number of benzene rings is 3. The van der Waals surface area contributed by atoms with Crippen LogP contribution >= 0.6 is 0 Å². The van der Waals surface area contributed by atoms with Crippen molar-refractivity contribution in [3.05, 3.63) is 60.2 Å². The Morgan fingerprint density at radius 3 is 2.70 bits per heavy atom. The van der Waals surface area contributed by atoms with Crippen LogP contribution in [0.15, 0.2) is 59.6 Å². The fraction of sp³-hybridized carbons (Fsp3) is 0.105. The summed E-state index contributed by atoms with van der Waals surface area (Å²) in [5, 5.41) is 21.5. The van der Waals surface area contributed by atoms with Gasteiger partial charge in [-0.25, -0.2) is 0 Å². The van der Waals surface area contributed by atoms with E-state index in [1.807, 2.05) is 43.3 Å². The van der Waals surface area contributed by atoms with Gasteiger partial charge in [-0.2, -0.15) is 0 Å². The summed E-state index contributed by atoms with van der Waals surface area (Å²) < 4.78 is 5.68. The number of nitrogens with zero attached hydrogens (tertiary/aromatic N) is 1. The molecule has 0 radical (unpaired) electrons. The van der Waals surface area contributed by atoms with E-state index < -0.39 is 0 Å². The van der Waals surface area contributed by atoms with E-state index in [4.69, 9.17) is 4.74 Å². The standard InChI is InChI=1S/C19H17NO3/c1-2-23-19-10-7-13-5-3-4-6-15(13)16(19)12-20-17-11-14(21)8-9-18(17)22/h3-12,21-22H,2H2,1H3. The van der Waals surface area contributed by atoms with Crippen molar-refractivity contribution in [3.63, 3.8) is 0 Å². The van der Waals surface area contributed by atoms with Gasteiger partial charge >= 0.3 is 0 Å². The van der Waals surface area contributed by atoms with Gasteiger partial charge in [0.1, 0.15) is 22.9 Å². The molecule has 2 N–H and O–H groups in total. The lowest BCUT2D eigenvalue weighted by Gasteiger charge is -2.10. The van der Waals surface area contributed by atoms with Crippen molar-refractivity contribution < 1.29 is 14.9 Å². The van der Waals surface area contributed by atoms with Gasteiger partial charge in [0.05, 0.1) is 6.61 Å². The SMILES string of the molecule is CCOc1ccc2ccccc2c1C=Nc1cc(O)ccc1O. The van der Waals surface area contributed by atoms with Gasteiger partial charge in [-0.15, -0.1) is 0 Å². The van der Waals surface area contributed by atoms with Crippen LogP contribution in [0.2, 0.25) is 0 Å². The van der Waals surface area contributed by atoms with Crippen LogP contribution in [0.1, 0.15) is 12.5 Å². The molecule has 0 aromatic heterocycles. The van der Waals surface area contributed by atoms with Crippen LogP contribution in [0, 0.1) is 0 Å². The number of aliphatic imine (C=N–C) groups is 1. The summed E-state index contributed by atoms with van der Waals surface area (Å²) in [6.45, 7) is 2.48. The van der Waals surface area contributed by atoms with Gasteiger partial charge < -0.3 is 14.9 Å². The summed E-state index contributed by atoms with van der Waals surface area (Å²) in [6, 6.07) is 16.1. The van der Waals surface area contributed by atoms with Crippen LogP contribution in [0.5, 0.6) is 17.2 Å². The van der Waals surface area contributed by atoms with Crippen LogP contribution in [-0.4, -0.2) is 23.0 Å². The minimum absolute atomic E-state index is 0.0113. The molecule has 0 aliphatic rings. The Hall–Kier alpha value is -3.01. The van der Waals surface area contributed by atoms with Crippen molar-refractivity contribution in [2.45, 2.75) is 6.92 Å². The van der Waals surface area contributed by atoms with E-state index in [1.165, 1.54) is 18.2 Å². The second-order valence-corrected chi connectivity index (χ2v) is 5.06. The second kappa shape index (κ2) is 6.40. The average molecular weight is 307 g/mol. The van der Waals surface area contributed by atoms with Crippen LogP contribution < -0.4 is 4.74 Å². The molecule has 0 atom stereocenters. The highest BCUT2D eigenvalue weighted by Crippen LogP contribution is 2.31. The maximum absolute atomic E-state index is 9.84. The molecule has 0 heterocycles. The summed E-state index contributed by atoms with van der Waals surface area (Å²) in [6.07, 6.45) is 1.65. The first-order valence-electron chi connectivity index (χ1n) is 7.39. The van der Waals surface area contributed by atoms with Crippen molar-refractivity contribution in [3.8, 4) is 17.2 Å². The van der Waals surface area contributed by atoms with Gasteiger partial charge in [0, 0.05) is 17.8 Å². The van der Waals surface area contributed by atoms with Crippen molar-refractivity contribution >= 4 is 22.7 Å². The number of phenols is 2. The monoisotopic (exact) mass is 307 g/mol. The number of ether oxygens (including phenoxy) is 1. The highest BCUT2D eigenvalue weighted by atomic mass is 16.5. The summed E-state index contributed by atoms with van der Waals surface area (Å²) in [5.74, 6) is 0.796. The third-order valence-corrected chi connectivity index (χ3v) is 3.52. The van der Waals surface area contributed by atoms with Crippen molar-refractivity contribution in [1.82, 2.24) is 0 Å². The van der Waals surface area contributed by atoms with Gasteiger partial charge in [-0.3, -0.25) is 4.99 Å². The summed E-state index contributed by atoms with van der Waals surface area (Å²) in [7, 11) is 0. The zero-order chi connectivity index (χ0) is 16.2. The fourth-order valence-electron chi connectivity index (χ4n) is 2.44. The fourth-order valence-corrected chi connectivity index (χ4v) is 2.44. The number of hydrogen-bond donors (Lipinski definition) is 2. The molecule has 0 fully saturated rings. The van der Waals surface area contributed by atoms with E-state index >= 15 is 0 Å². The summed E-state index contributed by atoms with van der Waals surface area (Å²) >= 11 is 0. The molecule has 0 spiro atoms. The second-order valence-electron chi connectivity index (χ2n) is 5.06. The molecular formula is C19H17NO3. The predicted molar refractivity (Wildman–Crippen MR) is 92.1 cm³/mol. The van der Waals surface area contributed by atoms with E-state index in [9.17, 15) is 10.2 Å². The lowest BCUT2D eigenvalue weighted by atomic mass is 10.0. The molecular weight excluding hydrogens is 290 g/mol. The molecule has 0 bridgehead atoms. The molecule has 116 valence electrons. The summed E-state index contributed by atoms with van der Waals surface area (Å²) in [5.41, 5.74) is 1.15. The van der Waals surface area contributed by atoms with Gasteiger partial charge in [0.25, 0.3) is 0 Å². The number of phenolic OH excluding ortho intramolecular Hbond substituents is 2. The first-order valence-corrected chi connectivity index (χ1v) is 7.39. The van der Waals surface area contributed by atoms with Gasteiger partial charge in [-0.05, 0) is 35.9 Å². The largest absolute Gasteiger partial charge is 0.508 e. The molecule has 3 aromatic rings. The molecule has 3 rings (SSSR count). The van der Waals surface area contributed by atoms with Crippen LogP contribution in [0.25, 0.3) is 10.8 Å². The first-order chi connectivity index (χ1) is 11.2. The highest BCUT2D eigenvalue weighted by Gasteiger charge is 2.07. The van der Waals surface area contributed by atoms with Gasteiger partial charge in [-0.1, -0.05) is 30.3 Å². The molecule has 4 nitrogen and oxygen atoms in total. The Morgan fingerprint density at radius 2 is 1.87 bits per heavy atom. The Labute approximate surface area is 134 Å². The molecule has 0 saturated carbocycles. The molecule has 4 heteroatoms. The van der Waals surface area contributed by atoms with Crippen LogP contribution in [0.4, 0.5) is 5.69 Å². The minimum Gasteiger partial charge on any atom is -0.508 e. The van der Waals surface area contributed by atoms with Gasteiger partial charge in [0.15, 0.2) is 0 Å². The third kappa shape index (κ3) is 3.11. The number of hydrogen-bond acceptors (Lipinski definition) is 4. The highest BCUT2D eigenvalue weighted by molar-refractivity contribution is 6.03. The molecule has 23 heavy (non-hydrogen) atoms. The lowest BCUT2D eigenvalue weighted by Crippen LogP contribution is -1.97. The van der Waals surface area contributed by atoms with E-state index in [-0.39, 0.29) is 11.5 Å². The topological polar surface area (TPSA) is 62.0 Å². The molecule has 0 aliphatic carbocycles. The van der Waals surface area contributed by atoms with Gasteiger partial charge in [0.2, 0.25) is 0 Å². The molecule has 0 saturated heterocycles. The maximum atomic E-state index is 9.84. The zero-order valence-electron chi connectivity index (χ0n) is 12.7. The summed E-state index contributed by atoms with van der Waals surface area (Å²) in [4.78, 5) is 4.31. The first kappa shape index (κ1) is 14.9. The Kier molecular flexibility index (Phi) is 4.15. The van der Waals surface area contributed by atoms with Crippen LogP contribution in [0.3, 0.4) is 0 Å².